The summed E-state index contributed by atoms with van der Waals surface area (Å²) >= 11 is 0. The average molecular weight is 704 g/mol. The van der Waals surface area contributed by atoms with Crippen LogP contribution in [0.4, 0.5) is 0 Å². The van der Waals surface area contributed by atoms with E-state index in [0.29, 0.717) is 24.8 Å². The highest BCUT2D eigenvalue weighted by Gasteiger charge is 2.32. The number of nitrogens with two attached hydrogens (primary N) is 3. The first-order chi connectivity index (χ1) is 23.5. The number of aliphatic carboxylic acids is 1. The normalized spacial score (nSPS) is 14.0. The Labute approximate surface area is 294 Å². The zero-order chi connectivity index (χ0) is 37.8. The lowest BCUT2D eigenvalue weighted by Crippen LogP contribution is -2.59. The number of carbonyl (C=O) groups excluding carboxylic acids is 4. The van der Waals surface area contributed by atoms with Gasteiger partial charge in [0.05, 0.1) is 6.04 Å². The van der Waals surface area contributed by atoms with Crippen LogP contribution < -0.4 is 49.1 Å². The van der Waals surface area contributed by atoms with Crippen LogP contribution in [0, 0.1) is 22.7 Å². The van der Waals surface area contributed by atoms with Gasteiger partial charge in [-0.3, -0.25) is 30.0 Å². The minimum absolute atomic E-state index is 0.0479. The molecule has 0 aliphatic carbocycles. The molecule has 0 saturated heterocycles. The Balaban J connectivity index is 3.26. The van der Waals surface area contributed by atoms with E-state index < -0.39 is 59.8 Å². The summed E-state index contributed by atoms with van der Waals surface area (Å²) in [5.74, 6) is -4.26. The van der Waals surface area contributed by atoms with E-state index in [1.165, 1.54) is 0 Å². The molecule has 15 N–H and O–H groups in total. The molecule has 17 heteroatoms. The maximum atomic E-state index is 13.9. The summed E-state index contributed by atoms with van der Waals surface area (Å²) in [7, 11) is 0. The highest BCUT2D eigenvalue weighted by Crippen LogP contribution is 2.11. The monoisotopic (exact) mass is 703 g/mol. The Morgan fingerprint density at radius 1 is 0.660 bits per heavy atom. The minimum Gasteiger partial charge on any atom is -0.480 e. The highest BCUT2D eigenvalue weighted by atomic mass is 16.4. The molecule has 50 heavy (non-hydrogen) atoms. The Hall–Kier alpha value is -4.93. The van der Waals surface area contributed by atoms with Gasteiger partial charge in [-0.1, -0.05) is 58.0 Å². The van der Waals surface area contributed by atoms with Crippen molar-refractivity contribution in [2.75, 3.05) is 13.1 Å². The van der Waals surface area contributed by atoms with Crippen LogP contribution in [-0.4, -0.2) is 89.9 Å². The van der Waals surface area contributed by atoms with Gasteiger partial charge in [-0.2, -0.15) is 0 Å². The molecule has 0 aromatic heterocycles. The van der Waals surface area contributed by atoms with Gasteiger partial charge in [0.1, 0.15) is 24.2 Å². The van der Waals surface area contributed by atoms with Gasteiger partial charge in [-0.05, 0) is 55.9 Å². The molecule has 0 bridgehead atoms. The number of rotatable bonds is 23. The molecule has 0 saturated carbocycles. The highest BCUT2D eigenvalue weighted by molar-refractivity contribution is 5.95. The van der Waals surface area contributed by atoms with Crippen LogP contribution in [0.1, 0.15) is 71.8 Å². The number of benzene rings is 1. The summed E-state index contributed by atoms with van der Waals surface area (Å²) in [4.78, 5) is 65.9. The second-order valence-electron chi connectivity index (χ2n) is 13.1. The lowest BCUT2D eigenvalue weighted by molar-refractivity contribution is -0.142. The molecule has 1 aromatic carbocycles. The van der Waals surface area contributed by atoms with E-state index in [4.69, 9.17) is 28.0 Å². The SMILES string of the molecule is CC(C)CC(N)C(=O)NC(CCCNC(=N)N)C(=O)NC(Cc1ccccc1)C(=O)NC(CC(C)C)C(=O)NC(CCCNC(=N)N)C(=O)O. The predicted molar refractivity (Wildman–Crippen MR) is 191 cm³/mol. The van der Waals surface area contributed by atoms with Gasteiger partial charge in [-0.15, -0.1) is 0 Å². The van der Waals surface area contributed by atoms with Crippen LogP contribution in [0.25, 0.3) is 0 Å². The van der Waals surface area contributed by atoms with Gasteiger partial charge >= 0.3 is 5.97 Å². The summed E-state index contributed by atoms with van der Waals surface area (Å²) in [6.07, 6.45) is 1.46. The summed E-state index contributed by atoms with van der Waals surface area (Å²) in [6.45, 7) is 8.02. The Morgan fingerprint density at radius 3 is 1.60 bits per heavy atom. The Bertz CT molecular complexity index is 1280. The van der Waals surface area contributed by atoms with Crippen molar-refractivity contribution in [3.8, 4) is 0 Å². The van der Waals surface area contributed by atoms with E-state index in [1.54, 1.807) is 30.3 Å². The molecule has 0 aliphatic rings. The van der Waals surface area contributed by atoms with Crippen molar-refractivity contribution in [2.24, 2.45) is 29.0 Å². The van der Waals surface area contributed by atoms with Crippen molar-refractivity contribution in [1.82, 2.24) is 31.9 Å². The number of amides is 4. The quantitative estimate of drug-likeness (QED) is 0.0380. The van der Waals surface area contributed by atoms with Crippen LogP contribution >= 0.6 is 0 Å². The van der Waals surface area contributed by atoms with Crippen LogP contribution in [-0.2, 0) is 30.4 Å². The van der Waals surface area contributed by atoms with Crippen molar-refractivity contribution in [1.29, 1.82) is 10.8 Å². The Morgan fingerprint density at radius 2 is 1.10 bits per heavy atom. The molecular weight excluding hydrogens is 646 g/mol. The number of hydrogen-bond acceptors (Lipinski definition) is 8. The number of nitrogens with one attached hydrogen (secondary N) is 8. The molecule has 0 spiro atoms. The van der Waals surface area contributed by atoms with Gasteiger partial charge in [0, 0.05) is 19.5 Å². The maximum Gasteiger partial charge on any atom is 0.326 e. The first-order valence-corrected chi connectivity index (χ1v) is 16.9. The molecule has 1 rings (SSSR count). The number of hydrogen-bond donors (Lipinski definition) is 12. The molecule has 0 aliphatic heterocycles. The van der Waals surface area contributed by atoms with E-state index in [1.807, 2.05) is 27.7 Å². The number of guanidine groups is 2. The molecule has 0 heterocycles. The van der Waals surface area contributed by atoms with E-state index in [2.05, 4.69) is 31.9 Å². The number of carboxylic acids is 1. The van der Waals surface area contributed by atoms with Crippen molar-refractivity contribution in [3.05, 3.63) is 35.9 Å². The molecule has 1 aromatic rings. The first-order valence-electron chi connectivity index (χ1n) is 16.9. The summed E-state index contributed by atoms with van der Waals surface area (Å²) in [5, 5.41) is 40.2. The van der Waals surface area contributed by atoms with Crippen molar-refractivity contribution in [3.63, 3.8) is 0 Å². The van der Waals surface area contributed by atoms with Gasteiger partial charge in [-0.25, -0.2) is 4.79 Å². The van der Waals surface area contributed by atoms with Crippen LogP contribution in [0.15, 0.2) is 30.3 Å². The molecule has 5 unspecified atom stereocenters. The Kier molecular flexibility index (Phi) is 19.5. The smallest absolute Gasteiger partial charge is 0.326 e. The predicted octanol–water partition coefficient (Wildman–Crippen LogP) is -0.801. The number of carboxylic acid groups (broad SMARTS) is 1. The largest absolute Gasteiger partial charge is 0.480 e. The van der Waals surface area contributed by atoms with Gasteiger partial charge in [0.15, 0.2) is 11.9 Å². The van der Waals surface area contributed by atoms with E-state index >= 15 is 0 Å². The molecule has 4 amide bonds. The standard InChI is InChI=1S/C33H57N11O6/c1-19(2)16-22(34)27(45)41-23(12-8-14-39-32(35)36)28(46)44-26(18-21-10-6-5-7-11-21)30(48)43-25(17-20(3)4)29(47)42-24(31(49)50)13-9-15-40-33(37)38/h5-7,10-11,19-20,22-26H,8-9,12-18,34H2,1-4H3,(H,41,45)(H,42,47)(H,43,48)(H,44,46)(H,49,50)(H4,35,36,39)(H4,37,38,40). The van der Waals surface area contributed by atoms with E-state index in [0.717, 1.165) is 0 Å². The van der Waals surface area contributed by atoms with Crippen LogP contribution in [0.5, 0.6) is 0 Å². The van der Waals surface area contributed by atoms with Gasteiger partial charge < -0.3 is 54.2 Å². The first kappa shape index (κ1) is 43.1. The fourth-order valence-corrected chi connectivity index (χ4v) is 5.06. The van der Waals surface area contributed by atoms with Crippen LogP contribution in [0.2, 0.25) is 0 Å². The van der Waals surface area contributed by atoms with Crippen molar-refractivity contribution < 1.29 is 29.1 Å². The third kappa shape index (κ3) is 18.0. The lowest BCUT2D eigenvalue weighted by atomic mass is 10.00. The van der Waals surface area contributed by atoms with Gasteiger partial charge in [0.25, 0.3) is 0 Å². The van der Waals surface area contributed by atoms with Crippen molar-refractivity contribution in [2.45, 2.75) is 103 Å². The third-order valence-corrected chi connectivity index (χ3v) is 7.54. The molecule has 0 radical (unpaired) electrons. The fraction of sp³-hybridized carbons (Fsp3) is 0.606. The summed E-state index contributed by atoms with van der Waals surface area (Å²) in [6, 6.07) is 3.41. The molecule has 0 fully saturated rings. The maximum absolute atomic E-state index is 13.9. The molecule has 5 atom stereocenters. The topological polar surface area (TPSA) is 304 Å². The molecular formula is C33H57N11O6. The van der Waals surface area contributed by atoms with E-state index in [-0.39, 0.29) is 62.5 Å². The van der Waals surface area contributed by atoms with E-state index in [9.17, 15) is 29.1 Å². The third-order valence-electron chi connectivity index (χ3n) is 7.54. The summed E-state index contributed by atoms with van der Waals surface area (Å²) in [5.41, 5.74) is 17.4. The van der Waals surface area contributed by atoms with Gasteiger partial charge in [0.2, 0.25) is 23.6 Å². The van der Waals surface area contributed by atoms with Crippen LogP contribution in [0.3, 0.4) is 0 Å². The zero-order valence-electron chi connectivity index (χ0n) is 29.5. The molecule has 280 valence electrons. The number of carbonyl (C=O) groups is 5. The minimum atomic E-state index is -1.26. The average Bonchev–Trinajstić information content (AvgIpc) is 3.02. The zero-order valence-corrected chi connectivity index (χ0v) is 29.5. The molecule has 17 nitrogen and oxygen atoms in total. The van der Waals surface area contributed by atoms with Crippen molar-refractivity contribution >= 4 is 41.5 Å². The summed E-state index contributed by atoms with van der Waals surface area (Å²) < 4.78 is 0. The fourth-order valence-electron chi connectivity index (χ4n) is 5.06. The second kappa shape index (κ2) is 22.7. The second-order valence-corrected chi connectivity index (χ2v) is 13.1. The lowest BCUT2D eigenvalue weighted by Gasteiger charge is -2.27.